The van der Waals surface area contributed by atoms with Gasteiger partial charge in [0.05, 0.1) is 5.69 Å². The van der Waals surface area contributed by atoms with Crippen molar-refractivity contribution in [3.8, 4) is 0 Å². The molecule has 0 saturated heterocycles. The predicted molar refractivity (Wildman–Crippen MR) is 73.9 cm³/mol. The lowest BCUT2D eigenvalue weighted by Gasteiger charge is -2.09. The highest BCUT2D eigenvalue weighted by Crippen LogP contribution is 2.20. The largest absolute Gasteiger partial charge is 0.444 e. The van der Waals surface area contributed by atoms with Gasteiger partial charge in [-0.05, 0) is 23.8 Å². The Bertz CT molecular complexity index is 575. The number of hydrogen-bond donors (Lipinski definition) is 2. The number of benzene rings is 2. The molecule has 0 aliphatic heterocycles. The minimum absolute atomic E-state index is 0.157. The number of thiol groups is 1. The maximum absolute atomic E-state index is 13.0. The van der Waals surface area contributed by atoms with Gasteiger partial charge < -0.3 is 4.74 Å². The SMILES string of the molecule is O=C(Nc1cc(F)ccc1S)OCc1ccccc1. The summed E-state index contributed by atoms with van der Waals surface area (Å²) in [4.78, 5) is 12.0. The normalized spacial score (nSPS) is 10.0. The second kappa shape index (κ2) is 6.24. The van der Waals surface area contributed by atoms with Gasteiger partial charge in [-0.25, -0.2) is 9.18 Å². The van der Waals surface area contributed by atoms with Crippen LogP contribution in [0.15, 0.2) is 53.4 Å². The zero-order chi connectivity index (χ0) is 13.7. The van der Waals surface area contributed by atoms with Crippen molar-refractivity contribution in [1.82, 2.24) is 0 Å². The van der Waals surface area contributed by atoms with Crippen LogP contribution in [-0.4, -0.2) is 6.09 Å². The van der Waals surface area contributed by atoms with Crippen LogP contribution in [0.2, 0.25) is 0 Å². The van der Waals surface area contributed by atoms with Gasteiger partial charge in [-0.2, -0.15) is 0 Å². The van der Waals surface area contributed by atoms with Crippen molar-refractivity contribution < 1.29 is 13.9 Å². The van der Waals surface area contributed by atoms with Crippen LogP contribution in [0.25, 0.3) is 0 Å². The molecule has 3 nitrogen and oxygen atoms in total. The lowest BCUT2D eigenvalue weighted by Crippen LogP contribution is -2.14. The van der Waals surface area contributed by atoms with Crippen LogP contribution in [0.1, 0.15) is 5.56 Å². The van der Waals surface area contributed by atoms with Gasteiger partial charge >= 0.3 is 6.09 Å². The predicted octanol–water partition coefficient (Wildman–Crippen LogP) is 3.86. The summed E-state index contributed by atoms with van der Waals surface area (Å²) >= 11 is 4.12. The van der Waals surface area contributed by atoms with E-state index in [1.165, 1.54) is 18.2 Å². The topological polar surface area (TPSA) is 38.3 Å². The number of ether oxygens (including phenoxy) is 1. The van der Waals surface area contributed by atoms with Crippen LogP contribution in [0.4, 0.5) is 14.9 Å². The summed E-state index contributed by atoms with van der Waals surface area (Å²) in [5.74, 6) is -0.448. The van der Waals surface area contributed by atoms with Crippen LogP contribution in [0.5, 0.6) is 0 Å². The van der Waals surface area contributed by atoms with E-state index in [1.54, 1.807) is 0 Å². The molecule has 0 saturated carbocycles. The third kappa shape index (κ3) is 3.99. The monoisotopic (exact) mass is 277 g/mol. The molecule has 0 aliphatic rings. The van der Waals surface area contributed by atoms with E-state index < -0.39 is 11.9 Å². The van der Waals surface area contributed by atoms with Crippen molar-refractivity contribution >= 4 is 24.4 Å². The molecule has 2 aromatic carbocycles. The Morgan fingerprint density at radius 1 is 1.21 bits per heavy atom. The molecule has 0 bridgehead atoms. The molecule has 2 rings (SSSR count). The molecule has 1 amide bonds. The number of nitrogens with one attached hydrogen (secondary N) is 1. The average Bonchev–Trinajstić information content (AvgIpc) is 2.42. The summed E-state index contributed by atoms with van der Waals surface area (Å²) < 4.78 is 18.0. The molecule has 0 heterocycles. The molecule has 0 aromatic heterocycles. The average molecular weight is 277 g/mol. The second-order valence-electron chi connectivity index (χ2n) is 3.85. The molecule has 0 spiro atoms. The highest BCUT2D eigenvalue weighted by molar-refractivity contribution is 7.80. The summed E-state index contributed by atoms with van der Waals surface area (Å²) in [6.07, 6.45) is -0.648. The number of carbonyl (C=O) groups excluding carboxylic acids is 1. The van der Waals surface area contributed by atoms with Crippen LogP contribution in [0.3, 0.4) is 0 Å². The Hall–Kier alpha value is -2.01. The fraction of sp³-hybridized carbons (Fsp3) is 0.0714. The molecule has 2 aromatic rings. The number of carbonyl (C=O) groups is 1. The van der Waals surface area contributed by atoms with E-state index in [1.807, 2.05) is 30.3 Å². The van der Waals surface area contributed by atoms with Gasteiger partial charge in [-0.15, -0.1) is 12.6 Å². The molecule has 5 heteroatoms. The molecule has 0 unspecified atom stereocenters. The Morgan fingerprint density at radius 2 is 1.95 bits per heavy atom. The van der Waals surface area contributed by atoms with E-state index in [9.17, 15) is 9.18 Å². The Balaban J connectivity index is 1.93. The van der Waals surface area contributed by atoms with Gasteiger partial charge in [0.15, 0.2) is 0 Å². The van der Waals surface area contributed by atoms with E-state index in [0.717, 1.165) is 5.56 Å². The first-order chi connectivity index (χ1) is 9.15. The minimum Gasteiger partial charge on any atom is -0.444 e. The summed E-state index contributed by atoms with van der Waals surface area (Å²) in [5, 5.41) is 2.44. The van der Waals surface area contributed by atoms with Crippen LogP contribution >= 0.6 is 12.6 Å². The maximum Gasteiger partial charge on any atom is 0.411 e. The lowest BCUT2D eigenvalue weighted by molar-refractivity contribution is 0.155. The molecular weight excluding hydrogens is 265 g/mol. The van der Waals surface area contributed by atoms with E-state index in [0.29, 0.717) is 4.90 Å². The highest BCUT2D eigenvalue weighted by atomic mass is 32.1. The smallest absolute Gasteiger partial charge is 0.411 e. The summed E-state index contributed by atoms with van der Waals surface area (Å²) in [5.41, 5.74) is 1.16. The highest BCUT2D eigenvalue weighted by Gasteiger charge is 2.07. The van der Waals surface area contributed by atoms with E-state index in [4.69, 9.17) is 4.74 Å². The zero-order valence-electron chi connectivity index (χ0n) is 9.97. The molecule has 1 N–H and O–H groups in total. The zero-order valence-corrected chi connectivity index (χ0v) is 10.9. The minimum atomic E-state index is -0.648. The van der Waals surface area contributed by atoms with Crippen molar-refractivity contribution in [2.24, 2.45) is 0 Å². The van der Waals surface area contributed by atoms with Crippen molar-refractivity contribution in [1.29, 1.82) is 0 Å². The fourth-order valence-electron chi connectivity index (χ4n) is 1.48. The molecule has 19 heavy (non-hydrogen) atoms. The summed E-state index contributed by atoms with van der Waals surface area (Å²) in [7, 11) is 0. The fourth-order valence-corrected chi connectivity index (χ4v) is 1.67. The number of halogens is 1. The maximum atomic E-state index is 13.0. The van der Waals surface area contributed by atoms with Gasteiger partial charge in [0.25, 0.3) is 0 Å². The number of anilines is 1. The molecule has 98 valence electrons. The van der Waals surface area contributed by atoms with Gasteiger partial charge in [-0.3, -0.25) is 5.32 Å². The number of rotatable bonds is 3. The first kappa shape index (κ1) is 13.4. The standard InChI is InChI=1S/C14H12FNO2S/c15-11-6-7-13(19)12(8-11)16-14(17)18-9-10-4-2-1-3-5-10/h1-8,19H,9H2,(H,16,17). The summed E-state index contributed by atoms with van der Waals surface area (Å²) in [6.45, 7) is 0.157. The molecule has 0 fully saturated rings. The second-order valence-corrected chi connectivity index (χ2v) is 4.33. The summed E-state index contributed by atoms with van der Waals surface area (Å²) in [6, 6.07) is 13.2. The molecular formula is C14H12FNO2S. The Labute approximate surface area is 115 Å². The van der Waals surface area contributed by atoms with Gasteiger partial charge in [-0.1, -0.05) is 30.3 Å². The van der Waals surface area contributed by atoms with E-state index in [-0.39, 0.29) is 12.3 Å². The van der Waals surface area contributed by atoms with Crippen molar-refractivity contribution in [3.63, 3.8) is 0 Å². The van der Waals surface area contributed by atoms with Crippen LogP contribution in [-0.2, 0) is 11.3 Å². The Kier molecular flexibility index (Phi) is 4.41. The quantitative estimate of drug-likeness (QED) is 0.836. The van der Waals surface area contributed by atoms with Crippen LogP contribution < -0.4 is 5.32 Å². The van der Waals surface area contributed by atoms with E-state index in [2.05, 4.69) is 17.9 Å². The Morgan fingerprint density at radius 3 is 2.68 bits per heavy atom. The van der Waals surface area contributed by atoms with Gasteiger partial charge in [0.2, 0.25) is 0 Å². The third-order valence-electron chi connectivity index (χ3n) is 2.41. The van der Waals surface area contributed by atoms with Gasteiger partial charge in [0, 0.05) is 4.90 Å². The van der Waals surface area contributed by atoms with Gasteiger partial charge in [0.1, 0.15) is 12.4 Å². The molecule has 0 atom stereocenters. The van der Waals surface area contributed by atoms with Crippen molar-refractivity contribution in [2.45, 2.75) is 11.5 Å². The third-order valence-corrected chi connectivity index (χ3v) is 2.80. The van der Waals surface area contributed by atoms with Crippen LogP contribution in [0, 0.1) is 5.82 Å². The first-order valence-electron chi connectivity index (χ1n) is 5.61. The lowest BCUT2D eigenvalue weighted by atomic mass is 10.2. The number of hydrogen-bond acceptors (Lipinski definition) is 3. The first-order valence-corrected chi connectivity index (χ1v) is 6.06. The van der Waals surface area contributed by atoms with E-state index >= 15 is 0 Å². The molecule has 0 aliphatic carbocycles. The molecule has 0 radical (unpaired) electrons. The van der Waals surface area contributed by atoms with Crippen molar-refractivity contribution in [2.75, 3.05) is 5.32 Å². The number of amides is 1. The van der Waals surface area contributed by atoms with Crippen molar-refractivity contribution in [3.05, 3.63) is 59.9 Å².